The Morgan fingerprint density at radius 1 is 1.24 bits per heavy atom. The Bertz CT molecular complexity index is 1200. The Labute approximate surface area is 167 Å². The molecule has 0 saturated carbocycles. The fourth-order valence-electron chi connectivity index (χ4n) is 4.15. The largest absolute Gasteiger partial charge is 0.342 e. The zero-order chi connectivity index (χ0) is 20.0. The molecule has 0 unspecified atom stereocenters. The van der Waals surface area contributed by atoms with Gasteiger partial charge in [-0.3, -0.25) is 4.79 Å². The lowest BCUT2D eigenvalue weighted by Crippen LogP contribution is -2.39. The van der Waals surface area contributed by atoms with Gasteiger partial charge < -0.3 is 14.3 Å². The first kappa shape index (κ1) is 17.8. The van der Waals surface area contributed by atoms with E-state index >= 15 is 0 Å². The van der Waals surface area contributed by atoms with E-state index in [2.05, 4.69) is 15.0 Å². The number of fused-ring (bicyclic) bond motifs is 2. The summed E-state index contributed by atoms with van der Waals surface area (Å²) in [5.74, 6) is 0.979. The number of aryl methyl sites for hydroxylation is 1. The molecule has 1 amide bonds. The number of H-pyrrole nitrogens is 1. The highest BCUT2D eigenvalue weighted by Gasteiger charge is 2.26. The summed E-state index contributed by atoms with van der Waals surface area (Å²) in [7, 11) is 0. The molecule has 5 rings (SSSR count). The Balaban J connectivity index is 1.24. The summed E-state index contributed by atoms with van der Waals surface area (Å²) in [5, 5.41) is 0. The van der Waals surface area contributed by atoms with Crippen molar-refractivity contribution in [3.8, 4) is 0 Å². The van der Waals surface area contributed by atoms with Crippen LogP contribution in [0.3, 0.4) is 0 Å². The van der Waals surface area contributed by atoms with Gasteiger partial charge in [0, 0.05) is 31.4 Å². The summed E-state index contributed by atoms with van der Waals surface area (Å²) in [6, 6.07) is 8.59. The van der Waals surface area contributed by atoms with Gasteiger partial charge >= 0.3 is 0 Å². The standard InChI is InChI=1S/C22H22FN5O/c1-14-3-2-8-28-13-17(24-22(14)28)12-20(29)27-9-6-15(7-10-27)21-25-18-5-4-16(23)11-19(18)26-21/h2-5,8,11,13,15H,6-7,9-10,12H2,1H3,(H,25,26). The van der Waals surface area contributed by atoms with Crippen LogP contribution in [0.1, 0.15) is 35.8 Å². The molecule has 0 radical (unpaired) electrons. The van der Waals surface area contributed by atoms with Gasteiger partial charge in [-0.25, -0.2) is 14.4 Å². The fraction of sp³-hybridized carbons (Fsp3) is 0.318. The monoisotopic (exact) mass is 391 g/mol. The molecule has 0 atom stereocenters. The summed E-state index contributed by atoms with van der Waals surface area (Å²) in [5.41, 5.74) is 4.29. The number of benzene rings is 1. The van der Waals surface area contributed by atoms with E-state index in [0.717, 1.165) is 46.6 Å². The zero-order valence-corrected chi connectivity index (χ0v) is 16.2. The van der Waals surface area contributed by atoms with Crippen LogP contribution in [-0.4, -0.2) is 43.2 Å². The van der Waals surface area contributed by atoms with Gasteiger partial charge in [-0.15, -0.1) is 0 Å². The number of nitrogens with zero attached hydrogens (tertiary/aromatic N) is 4. The van der Waals surface area contributed by atoms with Gasteiger partial charge in [0.05, 0.1) is 23.1 Å². The Morgan fingerprint density at radius 3 is 2.86 bits per heavy atom. The number of amides is 1. The van der Waals surface area contributed by atoms with E-state index in [4.69, 9.17) is 0 Å². The number of halogens is 1. The van der Waals surface area contributed by atoms with Crippen LogP contribution in [0.15, 0.2) is 42.7 Å². The van der Waals surface area contributed by atoms with E-state index < -0.39 is 0 Å². The molecule has 1 aliphatic heterocycles. The number of pyridine rings is 1. The van der Waals surface area contributed by atoms with Crippen molar-refractivity contribution < 1.29 is 9.18 Å². The lowest BCUT2D eigenvalue weighted by molar-refractivity contribution is -0.131. The van der Waals surface area contributed by atoms with E-state index in [1.165, 1.54) is 12.1 Å². The third kappa shape index (κ3) is 3.37. The lowest BCUT2D eigenvalue weighted by atomic mass is 9.96. The number of piperidine rings is 1. The number of carbonyl (C=O) groups is 1. The molecule has 6 nitrogen and oxygen atoms in total. The van der Waals surface area contributed by atoms with Gasteiger partial charge in [-0.1, -0.05) is 6.07 Å². The minimum atomic E-state index is -0.268. The number of nitrogens with one attached hydrogen (secondary N) is 1. The van der Waals surface area contributed by atoms with Crippen LogP contribution in [-0.2, 0) is 11.2 Å². The number of aromatic nitrogens is 4. The van der Waals surface area contributed by atoms with Gasteiger partial charge in [0.2, 0.25) is 5.91 Å². The van der Waals surface area contributed by atoms with Crippen LogP contribution in [0, 0.1) is 12.7 Å². The molecular formula is C22H22FN5O. The molecular weight excluding hydrogens is 369 g/mol. The molecule has 1 aliphatic rings. The molecule has 0 spiro atoms. The van der Waals surface area contributed by atoms with E-state index in [-0.39, 0.29) is 17.6 Å². The second-order valence-electron chi connectivity index (χ2n) is 7.77. The Morgan fingerprint density at radius 2 is 2.07 bits per heavy atom. The highest BCUT2D eigenvalue weighted by Crippen LogP contribution is 2.28. The van der Waals surface area contributed by atoms with Crippen molar-refractivity contribution in [1.82, 2.24) is 24.3 Å². The summed E-state index contributed by atoms with van der Waals surface area (Å²) in [6.07, 6.45) is 5.89. The van der Waals surface area contributed by atoms with E-state index in [1.54, 1.807) is 6.07 Å². The molecule has 0 bridgehead atoms. The van der Waals surface area contributed by atoms with Crippen molar-refractivity contribution in [2.24, 2.45) is 0 Å². The first-order valence-electron chi connectivity index (χ1n) is 9.93. The van der Waals surface area contributed by atoms with Crippen LogP contribution in [0.25, 0.3) is 16.7 Å². The van der Waals surface area contributed by atoms with Gasteiger partial charge in [0.15, 0.2) is 0 Å². The fourth-order valence-corrected chi connectivity index (χ4v) is 4.15. The molecule has 0 aliphatic carbocycles. The number of hydrogen-bond donors (Lipinski definition) is 1. The normalized spacial score (nSPS) is 15.4. The van der Waals surface area contributed by atoms with Crippen molar-refractivity contribution in [2.75, 3.05) is 13.1 Å². The molecule has 148 valence electrons. The van der Waals surface area contributed by atoms with Crippen LogP contribution in [0.4, 0.5) is 4.39 Å². The van der Waals surface area contributed by atoms with Crippen LogP contribution in [0.5, 0.6) is 0 Å². The minimum absolute atomic E-state index is 0.108. The molecule has 3 aromatic heterocycles. The Hall–Kier alpha value is -3.22. The van der Waals surface area contributed by atoms with Crippen molar-refractivity contribution in [3.63, 3.8) is 0 Å². The molecule has 1 saturated heterocycles. The summed E-state index contributed by atoms with van der Waals surface area (Å²) >= 11 is 0. The maximum Gasteiger partial charge on any atom is 0.228 e. The number of hydrogen-bond acceptors (Lipinski definition) is 3. The number of aromatic amines is 1. The second-order valence-corrected chi connectivity index (χ2v) is 7.77. The molecule has 4 aromatic rings. The molecule has 7 heteroatoms. The van der Waals surface area contributed by atoms with Crippen LogP contribution < -0.4 is 0 Å². The molecule has 4 heterocycles. The van der Waals surface area contributed by atoms with Gasteiger partial charge in [0.25, 0.3) is 0 Å². The molecule has 29 heavy (non-hydrogen) atoms. The van der Waals surface area contributed by atoms with Gasteiger partial charge in [-0.05, 0) is 49.6 Å². The third-order valence-corrected chi connectivity index (χ3v) is 5.76. The summed E-state index contributed by atoms with van der Waals surface area (Å²) in [6.45, 7) is 3.41. The summed E-state index contributed by atoms with van der Waals surface area (Å²) in [4.78, 5) is 27.1. The van der Waals surface area contributed by atoms with Crippen molar-refractivity contribution in [3.05, 3.63) is 65.6 Å². The van der Waals surface area contributed by atoms with Gasteiger partial charge in [-0.2, -0.15) is 0 Å². The van der Waals surface area contributed by atoms with Crippen molar-refractivity contribution in [1.29, 1.82) is 0 Å². The van der Waals surface area contributed by atoms with Crippen LogP contribution >= 0.6 is 0 Å². The first-order chi connectivity index (χ1) is 14.1. The topological polar surface area (TPSA) is 66.3 Å². The number of rotatable bonds is 3. The van der Waals surface area contributed by atoms with E-state index in [0.29, 0.717) is 19.5 Å². The first-order valence-corrected chi connectivity index (χ1v) is 9.93. The quantitative estimate of drug-likeness (QED) is 0.580. The molecule has 1 N–H and O–H groups in total. The van der Waals surface area contributed by atoms with E-state index in [1.807, 2.05) is 40.8 Å². The highest BCUT2D eigenvalue weighted by molar-refractivity contribution is 5.79. The second kappa shape index (κ2) is 6.99. The maximum absolute atomic E-state index is 13.4. The zero-order valence-electron chi connectivity index (χ0n) is 16.2. The summed E-state index contributed by atoms with van der Waals surface area (Å²) < 4.78 is 15.4. The van der Waals surface area contributed by atoms with E-state index in [9.17, 15) is 9.18 Å². The smallest absolute Gasteiger partial charge is 0.228 e. The third-order valence-electron chi connectivity index (χ3n) is 5.76. The van der Waals surface area contributed by atoms with Crippen molar-refractivity contribution >= 4 is 22.6 Å². The lowest BCUT2D eigenvalue weighted by Gasteiger charge is -2.31. The number of carbonyl (C=O) groups excluding carboxylic acids is 1. The average Bonchev–Trinajstić information content (AvgIpc) is 3.32. The highest BCUT2D eigenvalue weighted by atomic mass is 19.1. The van der Waals surface area contributed by atoms with Crippen molar-refractivity contribution in [2.45, 2.75) is 32.1 Å². The number of imidazole rings is 2. The predicted molar refractivity (Wildman–Crippen MR) is 108 cm³/mol. The maximum atomic E-state index is 13.4. The average molecular weight is 391 g/mol. The van der Waals surface area contributed by atoms with Gasteiger partial charge in [0.1, 0.15) is 17.3 Å². The molecule has 1 aromatic carbocycles. The molecule has 1 fully saturated rings. The Kier molecular flexibility index (Phi) is 4.30. The number of likely N-dealkylation sites (tertiary alicyclic amines) is 1. The van der Waals surface area contributed by atoms with Crippen LogP contribution in [0.2, 0.25) is 0 Å². The predicted octanol–water partition coefficient (Wildman–Crippen LogP) is 3.61. The minimum Gasteiger partial charge on any atom is -0.342 e. The SMILES string of the molecule is Cc1cccn2cc(CC(=O)N3CCC(c4nc5ccc(F)cc5[nH]4)CC3)nc12.